The van der Waals surface area contributed by atoms with Gasteiger partial charge in [0, 0.05) is 50.3 Å². The molecule has 4 rings (SSSR count). The summed E-state index contributed by atoms with van der Waals surface area (Å²) in [5.41, 5.74) is 0.344. The van der Waals surface area contributed by atoms with Crippen LogP contribution in [0, 0.1) is 23.0 Å². The lowest BCUT2D eigenvalue weighted by molar-refractivity contribution is -0.147. The van der Waals surface area contributed by atoms with Crippen molar-refractivity contribution in [1.82, 2.24) is 19.8 Å². The van der Waals surface area contributed by atoms with Gasteiger partial charge in [-0.2, -0.15) is 0 Å². The Balaban J connectivity index is 1.95. The van der Waals surface area contributed by atoms with Gasteiger partial charge in [0.1, 0.15) is 29.7 Å². The van der Waals surface area contributed by atoms with Crippen molar-refractivity contribution < 1.29 is 27.9 Å². The fraction of sp³-hybridized carbons (Fsp3) is 0.441. The molecule has 1 saturated heterocycles. The Hall–Kier alpha value is -3.76. The molecule has 0 radical (unpaired) electrons. The molecule has 2 aromatic carbocycles. The molecule has 44 heavy (non-hydrogen) atoms. The Bertz CT molecular complexity index is 1490. The Morgan fingerprint density at radius 2 is 1.89 bits per heavy atom. The zero-order valence-electron chi connectivity index (χ0n) is 25.7. The average molecular weight is 611 g/mol. The number of ketones is 1. The van der Waals surface area contributed by atoms with Crippen LogP contribution in [0.5, 0.6) is 0 Å². The second-order valence-electron chi connectivity index (χ2n) is 12.3. The van der Waals surface area contributed by atoms with E-state index in [9.17, 15) is 23.5 Å². The number of amides is 1. The van der Waals surface area contributed by atoms with Crippen molar-refractivity contribution in [3.8, 4) is 11.3 Å². The number of benzene rings is 2. The maximum absolute atomic E-state index is 15.0. The summed E-state index contributed by atoms with van der Waals surface area (Å²) in [6, 6.07) is 11.5. The number of aliphatic hydroxyl groups is 1. The van der Waals surface area contributed by atoms with Gasteiger partial charge in [0.15, 0.2) is 5.78 Å². The third-order valence-corrected chi connectivity index (χ3v) is 8.27. The van der Waals surface area contributed by atoms with E-state index in [-0.39, 0.29) is 43.1 Å². The van der Waals surface area contributed by atoms with E-state index in [1.165, 1.54) is 11.8 Å². The molecule has 4 atom stereocenters. The van der Waals surface area contributed by atoms with Gasteiger partial charge in [-0.15, -0.1) is 0 Å². The molecular formula is C34H41F3N4O3. The highest BCUT2D eigenvalue weighted by atomic mass is 19.1. The number of carbonyl (C=O) groups excluding carboxylic acids is 2. The van der Waals surface area contributed by atoms with Crippen LogP contribution in [0.25, 0.3) is 11.3 Å². The summed E-state index contributed by atoms with van der Waals surface area (Å²) in [4.78, 5) is 33.3. The second kappa shape index (κ2) is 13.9. The number of aromatic nitrogens is 2. The zero-order chi connectivity index (χ0) is 32.2. The standard InChI is InChI=1S/C34H41F3N4O3/c1-6-21(2)30(43)15-34(4,5)31(41(33(44)22(3)42)19-24-16-38-17-28(24)37)32-39-29(26-14-25(35)12-13-27(26)36)20-40(32)18-23-10-8-7-9-11-23/h7-14,20,22,24,28,31,38,42H,2,6,15-19H2,1,3-5H3. The quantitative estimate of drug-likeness (QED) is 0.245. The first-order valence-electron chi connectivity index (χ1n) is 14.9. The van der Waals surface area contributed by atoms with Gasteiger partial charge in [0.2, 0.25) is 0 Å². The molecule has 1 aliphatic rings. The van der Waals surface area contributed by atoms with Crippen LogP contribution in [0.3, 0.4) is 0 Å². The minimum Gasteiger partial charge on any atom is -0.384 e. The maximum Gasteiger partial charge on any atom is 0.251 e. The number of rotatable bonds is 13. The minimum atomic E-state index is -1.43. The molecular weight excluding hydrogens is 569 g/mol. The topological polar surface area (TPSA) is 87.5 Å². The number of carbonyl (C=O) groups is 2. The van der Waals surface area contributed by atoms with Crippen LogP contribution >= 0.6 is 0 Å². The van der Waals surface area contributed by atoms with Crippen LogP contribution in [0.4, 0.5) is 13.2 Å². The van der Waals surface area contributed by atoms with E-state index in [1.807, 2.05) is 51.1 Å². The van der Waals surface area contributed by atoms with Crippen LogP contribution in [-0.4, -0.2) is 63.2 Å². The van der Waals surface area contributed by atoms with Gasteiger partial charge in [0.05, 0.1) is 11.7 Å². The molecule has 0 bridgehead atoms. The lowest BCUT2D eigenvalue weighted by atomic mass is 9.76. The lowest BCUT2D eigenvalue weighted by Crippen LogP contribution is -2.50. The Morgan fingerprint density at radius 1 is 1.18 bits per heavy atom. The number of imidazole rings is 1. The molecule has 1 aliphatic heterocycles. The zero-order valence-corrected chi connectivity index (χ0v) is 25.7. The van der Waals surface area contributed by atoms with Crippen molar-refractivity contribution in [3.63, 3.8) is 0 Å². The van der Waals surface area contributed by atoms with Crippen LogP contribution in [0.2, 0.25) is 0 Å². The molecule has 1 aromatic heterocycles. The molecule has 0 aliphatic carbocycles. The summed E-state index contributed by atoms with van der Waals surface area (Å²) in [6.45, 7) is 11.3. The van der Waals surface area contributed by atoms with Gasteiger partial charge in [0.25, 0.3) is 5.91 Å². The summed E-state index contributed by atoms with van der Waals surface area (Å²) in [5.74, 6) is -2.46. The number of halogens is 3. The van der Waals surface area contributed by atoms with Crippen LogP contribution in [-0.2, 0) is 16.1 Å². The molecule has 0 spiro atoms. The summed E-state index contributed by atoms with van der Waals surface area (Å²) >= 11 is 0. The predicted octanol–water partition coefficient (Wildman–Crippen LogP) is 5.64. The summed E-state index contributed by atoms with van der Waals surface area (Å²) in [5, 5.41) is 13.6. The van der Waals surface area contributed by atoms with Crippen LogP contribution < -0.4 is 5.32 Å². The minimum absolute atomic E-state index is 0.0300. The van der Waals surface area contributed by atoms with Crippen LogP contribution in [0.1, 0.15) is 58.0 Å². The first-order chi connectivity index (χ1) is 20.8. The molecule has 7 nitrogen and oxygen atoms in total. The van der Waals surface area contributed by atoms with Gasteiger partial charge >= 0.3 is 0 Å². The Labute approximate surface area is 256 Å². The highest BCUT2D eigenvalue weighted by molar-refractivity contribution is 5.95. The summed E-state index contributed by atoms with van der Waals surface area (Å²) in [6.07, 6.45) is -0.655. The van der Waals surface area contributed by atoms with Crippen molar-refractivity contribution in [2.24, 2.45) is 11.3 Å². The number of hydrogen-bond donors (Lipinski definition) is 2. The molecule has 4 unspecified atom stereocenters. The average Bonchev–Trinajstić information content (AvgIpc) is 3.58. The largest absolute Gasteiger partial charge is 0.384 e. The fourth-order valence-corrected chi connectivity index (χ4v) is 5.82. The molecule has 236 valence electrons. The molecule has 1 fully saturated rings. The third kappa shape index (κ3) is 7.47. The lowest BCUT2D eigenvalue weighted by Gasteiger charge is -2.43. The van der Waals surface area contributed by atoms with Crippen molar-refractivity contribution >= 4 is 11.7 Å². The SMILES string of the molecule is C=C(CC)C(=O)CC(C)(C)C(c1nc(-c2cc(F)ccc2F)cn1Cc1ccccc1)N(CC1CNCC1F)C(=O)C(C)O. The number of nitrogens with zero attached hydrogens (tertiary/aromatic N) is 3. The summed E-state index contributed by atoms with van der Waals surface area (Å²) in [7, 11) is 0. The maximum atomic E-state index is 15.0. The van der Waals surface area contributed by atoms with Gasteiger partial charge in [-0.05, 0) is 48.1 Å². The van der Waals surface area contributed by atoms with Crippen molar-refractivity contribution in [3.05, 3.63) is 89.9 Å². The Morgan fingerprint density at radius 3 is 2.50 bits per heavy atom. The van der Waals surface area contributed by atoms with Gasteiger partial charge < -0.3 is 19.9 Å². The van der Waals surface area contributed by atoms with Gasteiger partial charge in [-0.25, -0.2) is 18.2 Å². The number of alkyl halides is 1. The monoisotopic (exact) mass is 610 g/mol. The molecule has 2 N–H and O–H groups in total. The number of hydrogen-bond acceptors (Lipinski definition) is 5. The van der Waals surface area contributed by atoms with E-state index in [4.69, 9.17) is 4.98 Å². The molecule has 10 heteroatoms. The highest BCUT2D eigenvalue weighted by Crippen LogP contribution is 2.43. The third-order valence-electron chi connectivity index (χ3n) is 8.27. The predicted molar refractivity (Wildman–Crippen MR) is 163 cm³/mol. The van der Waals surface area contributed by atoms with E-state index in [2.05, 4.69) is 11.9 Å². The van der Waals surface area contributed by atoms with Crippen LogP contribution in [0.15, 0.2) is 66.9 Å². The first-order valence-corrected chi connectivity index (χ1v) is 14.9. The fourth-order valence-electron chi connectivity index (χ4n) is 5.82. The van der Waals surface area contributed by atoms with E-state index in [0.717, 1.165) is 23.8 Å². The molecule has 2 heterocycles. The van der Waals surface area contributed by atoms with E-state index in [0.29, 0.717) is 24.4 Å². The van der Waals surface area contributed by atoms with Gasteiger partial charge in [-0.3, -0.25) is 9.59 Å². The normalized spacial score (nSPS) is 18.2. The number of aliphatic hydroxyl groups excluding tert-OH is 1. The van der Waals surface area contributed by atoms with E-state index in [1.54, 1.807) is 10.8 Å². The van der Waals surface area contributed by atoms with Crippen molar-refractivity contribution in [1.29, 1.82) is 0 Å². The first kappa shape index (κ1) is 33.1. The van der Waals surface area contributed by atoms with Crippen molar-refractivity contribution in [2.45, 2.75) is 65.4 Å². The number of Topliss-reactive ketones (excluding diaryl/α,β-unsaturated/α-hetero) is 1. The van der Waals surface area contributed by atoms with E-state index < -0.39 is 47.2 Å². The second-order valence-corrected chi connectivity index (χ2v) is 12.3. The van der Waals surface area contributed by atoms with Gasteiger partial charge in [-0.1, -0.05) is 57.7 Å². The highest BCUT2D eigenvalue weighted by Gasteiger charge is 2.45. The smallest absolute Gasteiger partial charge is 0.251 e. The Kier molecular flexibility index (Phi) is 10.5. The summed E-state index contributed by atoms with van der Waals surface area (Å²) < 4.78 is 46.1. The molecule has 3 aromatic rings. The van der Waals surface area contributed by atoms with Crippen molar-refractivity contribution in [2.75, 3.05) is 19.6 Å². The molecule has 1 amide bonds. The number of nitrogens with one attached hydrogen (secondary N) is 1. The van der Waals surface area contributed by atoms with E-state index >= 15 is 4.39 Å². The molecule has 0 saturated carbocycles. The number of allylic oxidation sites excluding steroid dienone is 1.